The molecule has 0 saturated carbocycles. The van der Waals surface area contributed by atoms with E-state index in [9.17, 15) is 14.4 Å². The van der Waals surface area contributed by atoms with Gasteiger partial charge in [0.15, 0.2) is 0 Å². The number of ether oxygens (including phenoxy) is 2. The molecule has 0 aromatic heterocycles. The minimum absolute atomic E-state index is 0.266. The molecule has 2 N–H and O–H groups in total. The van der Waals surface area contributed by atoms with Crippen LogP contribution in [0.15, 0.2) is 48.5 Å². The largest absolute Gasteiger partial charge is 0.497 e. The van der Waals surface area contributed by atoms with E-state index in [1.165, 1.54) is 0 Å². The number of rotatable bonds is 11. The fourth-order valence-electron chi connectivity index (χ4n) is 3.98. The first kappa shape index (κ1) is 30.7. The van der Waals surface area contributed by atoms with Crippen LogP contribution in [0.1, 0.15) is 71.6 Å². The van der Waals surface area contributed by atoms with E-state index >= 15 is 0 Å². The molecule has 0 aliphatic carbocycles. The molecule has 0 fully saturated rings. The van der Waals surface area contributed by atoms with Crippen LogP contribution in [0.2, 0.25) is 0 Å². The molecule has 0 aliphatic rings. The van der Waals surface area contributed by atoms with Gasteiger partial charge >= 0.3 is 6.09 Å². The molecule has 208 valence electrons. The van der Waals surface area contributed by atoms with Crippen molar-refractivity contribution in [3.05, 3.63) is 59.7 Å². The third kappa shape index (κ3) is 9.72. The second-order valence-electron chi connectivity index (χ2n) is 11.0. The van der Waals surface area contributed by atoms with Crippen molar-refractivity contribution in [2.24, 2.45) is 5.92 Å². The molecule has 0 saturated heterocycles. The first-order valence-corrected chi connectivity index (χ1v) is 13.1. The van der Waals surface area contributed by atoms with Crippen molar-refractivity contribution in [3.63, 3.8) is 0 Å². The molecule has 2 aromatic carbocycles. The highest BCUT2D eigenvalue weighted by Gasteiger charge is 2.35. The summed E-state index contributed by atoms with van der Waals surface area (Å²) in [6.45, 7) is 13.1. The van der Waals surface area contributed by atoms with Crippen LogP contribution in [0, 0.1) is 12.8 Å². The highest BCUT2D eigenvalue weighted by molar-refractivity contribution is 5.98. The molecule has 8 heteroatoms. The van der Waals surface area contributed by atoms with Crippen LogP contribution in [0.25, 0.3) is 0 Å². The van der Waals surface area contributed by atoms with Gasteiger partial charge in [0.1, 0.15) is 23.9 Å². The van der Waals surface area contributed by atoms with Gasteiger partial charge in [-0.25, -0.2) is 4.79 Å². The Morgan fingerprint density at radius 2 is 1.53 bits per heavy atom. The van der Waals surface area contributed by atoms with Gasteiger partial charge in [0.05, 0.1) is 7.11 Å². The average molecular weight is 526 g/mol. The summed E-state index contributed by atoms with van der Waals surface area (Å²) in [6.07, 6.45) is 0.898. The normalized spacial score (nSPS) is 12.9. The molecule has 0 radical (unpaired) electrons. The Hall–Kier alpha value is -3.55. The molecule has 0 heterocycles. The van der Waals surface area contributed by atoms with Crippen LogP contribution in [-0.4, -0.2) is 48.1 Å². The summed E-state index contributed by atoms with van der Waals surface area (Å²) in [5.41, 5.74) is 1.62. The van der Waals surface area contributed by atoms with Crippen LogP contribution < -0.4 is 15.4 Å². The average Bonchev–Trinajstić information content (AvgIpc) is 2.84. The summed E-state index contributed by atoms with van der Waals surface area (Å²) in [6, 6.07) is 13.4. The topological polar surface area (TPSA) is 97.0 Å². The number of amides is 3. The zero-order valence-electron chi connectivity index (χ0n) is 24.0. The minimum Gasteiger partial charge on any atom is -0.497 e. The van der Waals surface area contributed by atoms with E-state index in [2.05, 4.69) is 24.5 Å². The summed E-state index contributed by atoms with van der Waals surface area (Å²) in [5, 5.41) is 5.52. The van der Waals surface area contributed by atoms with E-state index in [1.807, 2.05) is 38.1 Å². The fourth-order valence-corrected chi connectivity index (χ4v) is 3.98. The highest BCUT2D eigenvalue weighted by atomic mass is 16.6. The van der Waals surface area contributed by atoms with E-state index in [0.29, 0.717) is 29.3 Å². The van der Waals surface area contributed by atoms with Gasteiger partial charge in [-0.15, -0.1) is 0 Å². The lowest BCUT2D eigenvalue weighted by Gasteiger charge is -2.36. The van der Waals surface area contributed by atoms with E-state index in [-0.39, 0.29) is 24.4 Å². The Morgan fingerprint density at radius 3 is 2.05 bits per heavy atom. The maximum atomic E-state index is 13.8. The Balaban J connectivity index is 2.42. The van der Waals surface area contributed by atoms with Crippen LogP contribution in [0.4, 0.5) is 10.5 Å². The number of nitrogens with one attached hydrogen (secondary N) is 2. The Labute approximate surface area is 227 Å². The van der Waals surface area contributed by atoms with Crippen molar-refractivity contribution in [2.75, 3.05) is 19.0 Å². The van der Waals surface area contributed by atoms with Crippen LogP contribution >= 0.6 is 0 Å². The van der Waals surface area contributed by atoms with Crippen molar-refractivity contribution < 1.29 is 23.9 Å². The monoisotopic (exact) mass is 525 g/mol. The third-order valence-corrected chi connectivity index (χ3v) is 5.98. The smallest absolute Gasteiger partial charge is 0.408 e. The molecule has 2 rings (SSSR count). The number of aryl methyl sites for hydroxylation is 1. The van der Waals surface area contributed by atoms with Crippen molar-refractivity contribution in [1.29, 1.82) is 0 Å². The number of alkyl carbamates (subject to hydrolysis) is 1. The van der Waals surface area contributed by atoms with Crippen LogP contribution in [-0.2, 0) is 14.3 Å². The summed E-state index contributed by atoms with van der Waals surface area (Å²) < 4.78 is 10.5. The summed E-state index contributed by atoms with van der Waals surface area (Å²) in [5.74, 6) is 0.384. The second-order valence-corrected chi connectivity index (χ2v) is 11.0. The molecule has 3 amide bonds. The molecular formula is C30H43N3O5. The zero-order valence-corrected chi connectivity index (χ0v) is 24.0. The fraction of sp³-hybridized carbons (Fsp3) is 0.500. The van der Waals surface area contributed by atoms with Gasteiger partial charge in [-0.3, -0.25) is 9.59 Å². The van der Waals surface area contributed by atoms with Gasteiger partial charge in [0.25, 0.3) is 5.91 Å². The van der Waals surface area contributed by atoms with Crippen molar-refractivity contribution in [3.8, 4) is 5.75 Å². The standard InChI is InChI=1S/C30H43N3O5/c1-20(2)9-12-22(4)33(26(34)19-31-29(36)38-30(5,6)7)27(23-13-10-21(3)11-14-23)28(35)32-24-15-17-25(37-8)18-16-24/h10-11,13-18,20,22,27H,9,12,19H2,1-8H3,(H,31,36)(H,32,35). The molecule has 0 spiro atoms. The molecule has 8 nitrogen and oxygen atoms in total. The molecule has 2 aromatic rings. The first-order chi connectivity index (χ1) is 17.8. The molecule has 2 atom stereocenters. The predicted octanol–water partition coefficient (Wildman–Crippen LogP) is 5.86. The number of methoxy groups -OCH3 is 1. The summed E-state index contributed by atoms with van der Waals surface area (Å²) >= 11 is 0. The van der Waals surface area contributed by atoms with E-state index in [4.69, 9.17) is 9.47 Å². The van der Waals surface area contributed by atoms with Gasteiger partial charge in [0.2, 0.25) is 5.91 Å². The third-order valence-electron chi connectivity index (χ3n) is 5.98. The summed E-state index contributed by atoms with van der Waals surface area (Å²) in [7, 11) is 1.58. The SMILES string of the molecule is COc1ccc(NC(=O)C(c2ccc(C)cc2)N(C(=O)CNC(=O)OC(C)(C)C)C(C)CCC(C)C)cc1. The number of carbonyl (C=O) groups excluding carboxylic acids is 3. The lowest BCUT2D eigenvalue weighted by Crippen LogP contribution is -2.50. The Bertz CT molecular complexity index is 1060. The number of nitrogens with zero attached hydrogens (tertiary/aromatic N) is 1. The summed E-state index contributed by atoms with van der Waals surface area (Å²) in [4.78, 5) is 41.4. The lowest BCUT2D eigenvalue weighted by molar-refractivity contribution is -0.140. The van der Waals surface area contributed by atoms with Gasteiger partial charge in [0, 0.05) is 11.7 Å². The first-order valence-electron chi connectivity index (χ1n) is 13.1. The highest BCUT2D eigenvalue weighted by Crippen LogP contribution is 2.28. The van der Waals surface area contributed by atoms with Crippen molar-refractivity contribution in [1.82, 2.24) is 10.2 Å². The molecule has 0 aliphatic heterocycles. The number of anilines is 1. The molecule has 2 unspecified atom stereocenters. The Morgan fingerprint density at radius 1 is 0.921 bits per heavy atom. The van der Waals surface area contributed by atoms with Crippen LogP contribution in [0.3, 0.4) is 0 Å². The van der Waals surface area contributed by atoms with Crippen LogP contribution in [0.5, 0.6) is 5.75 Å². The Kier molecular flexibility index (Phi) is 11.2. The van der Waals surface area contributed by atoms with Gasteiger partial charge in [-0.2, -0.15) is 0 Å². The maximum Gasteiger partial charge on any atom is 0.408 e. The lowest BCUT2D eigenvalue weighted by atomic mass is 9.97. The van der Waals surface area contributed by atoms with E-state index < -0.39 is 17.7 Å². The quantitative estimate of drug-likeness (QED) is 0.383. The molecule has 38 heavy (non-hydrogen) atoms. The number of carbonyl (C=O) groups is 3. The van der Waals surface area contributed by atoms with Gasteiger partial charge in [-0.05, 0) is 83.2 Å². The predicted molar refractivity (Wildman–Crippen MR) is 150 cm³/mol. The minimum atomic E-state index is -0.909. The van der Waals surface area contributed by atoms with E-state index in [1.54, 1.807) is 57.0 Å². The maximum absolute atomic E-state index is 13.8. The van der Waals surface area contributed by atoms with Crippen molar-refractivity contribution >= 4 is 23.6 Å². The zero-order chi connectivity index (χ0) is 28.5. The second kappa shape index (κ2) is 13.8. The van der Waals surface area contributed by atoms with Gasteiger partial charge < -0.3 is 25.0 Å². The number of hydrogen-bond acceptors (Lipinski definition) is 5. The van der Waals surface area contributed by atoms with Gasteiger partial charge in [-0.1, -0.05) is 43.7 Å². The number of hydrogen-bond donors (Lipinski definition) is 2. The number of benzene rings is 2. The molecule has 0 bridgehead atoms. The molecular weight excluding hydrogens is 482 g/mol. The van der Waals surface area contributed by atoms with Crippen molar-refractivity contribution in [2.45, 2.75) is 79.0 Å². The van der Waals surface area contributed by atoms with E-state index in [0.717, 1.165) is 12.0 Å².